The summed E-state index contributed by atoms with van der Waals surface area (Å²) in [4.78, 5) is 0. The normalized spacial score (nSPS) is 12.3. The zero-order chi connectivity index (χ0) is 14.7. The Morgan fingerprint density at radius 2 is 2.10 bits per heavy atom. The molecular weight excluding hydrogens is 334 g/mol. The molecule has 0 aliphatic carbocycles. The van der Waals surface area contributed by atoms with Crippen molar-refractivity contribution in [1.29, 1.82) is 0 Å². The third kappa shape index (κ3) is 3.60. The van der Waals surface area contributed by atoms with Gasteiger partial charge in [0.15, 0.2) is 11.0 Å². The van der Waals surface area contributed by atoms with E-state index >= 15 is 0 Å². The first-order chi connectivity index (χ1) is 9.49. The van der Waals surface area contributed by atoms with Gasteiger partial charge in [-0.2, -0.15) is 0 Å². The van der Waals surface area contributed by atoms with E-state index in [9.17, 15) is 9.32 Å². The lowest BCUT2D eigenvalue weighted by Gasteiger charge is -2.07. The topological polar surface area (TPSA) is 68.0 Å². The van der Waals surface area contributed by atoms with Crippen LogP contribution in [0.5, 0.6) is 5.75 Å². The second kappa shape index (κ2) is 6.70. The summed E-state index contributed by atoms with van der Waals surface area (Å²) in [6.45, 7) is 0. The van der Waals surface area contributed by atoms with Gasteiger partial charge in [0, 0.05) is 22.6 Å². The number of hydrogen-bond donors (Lipinski definition) is 2. The van der Waals surface area contributed by atoms with E-state index in [1.54, 1.807) is 35.1 Å². The number of hydrogen-bond acceptors (Lipinski definition) is 6. The van der Waals surface area contributed by atoms with E-state index in [2.05, 4.69) is 22.8 Å². The molecule has 5 nitrogen and oxygen atoms in total. The highest BCUT2D eigenvalue weighted by molar-refractivity contribution is 8.11. The molecule has 2 aromatic rings. The lowest BCUT2D eigenvalue weighted by Crippen LogP contribution is -2.06. The van der Waals surface area contributed by atoms with Crippen LogP contribution >= 0.6 is 36.6 Å². The molecule has 1 unspecified atom stereocenters. The Bertz CT molecular complexity index is 654. The standard InChI is InChI=1S/C11H11N3O2S4/c1-20(16)6-19-10-13-12-9(14(10)11(17)18)7-2-4-8(15)5-3-7/h2-5,15H,6H2,1H3,(H,17,18). The van der Waals surface area contributed by atoms with Gasteiger partial charge in [-0.05, 0) is 24.3 Å². The van der Waals surface area contributed by atoms with Crippen LogP contribution in [-0.2, 0) is 10.8 Å². The van der Waals surface area contributed by atoms with Crippen LogP contribution in [0.25, 0.3) is 11.4 Å². The first kappa shape index (κ1) is 15.5. The zero-order valence-corrected chi connectivity index (χ0v) is 13.7. The maximum absolute atomic E-state index is 11.2. The molecule has 1 heterocycles. The van der Waals surface area contributed by atoms with Gasteiger partial charge in [0.05, 0.1) is 5.08 Å². The lowest BCUT2D eigenvalue weighted by atomic mass is 10.2. The van der Waals surface area contributed by atoms with E-state index in [1.807, 2.05) is 0 Å². The molecule has 20 heavy (non-hydrogen) atoms. The highest BCUT2D eigenvalue weighted by Crippen LogP contribution is 2.26. The molecule has 0 spiro atoms. The van der Waals surface area contributed by atoms with E-state index < -0.39 is 10.8 Å². The molecule has 106 valence electrons. The minimum atomic E-state index is -0.945. The fourth-order valence-electron chi connectivity index (χ4n) is 1.47. The summed E-state index contributed by atoms with van der Waals surface area (Å²) in [5.74, 6) is 0.707. The molecule has 0 amide bonds. The molecule has 9 heteroatoms. The maximum Gasteiger partial charge on any atom is 0.198 e. The molecule has 1 aromatic heterocycles. The number of thioether (sulfide) groups is 1. The van der Waals surface area contributed by atoms with Gasteiger partial charge < -0.3 is 5.11 Å². The van der Waals surface area contributed by atoms with Gasteiger partial charge in [-0.1, -0.05) is 24.0 Å². The van der Waals surface area contributed by atoms with Crippen LogP contribution < -0.4 is 0 Å². The SMILES string of the molecule is CS(=O)CSc1nnc(-c2ccc(O)cc2)n1C(=S)S. The number of aromatic hydroxyl groups is 1. The fourth-order valence-corrected chi connectivity index (χ4v) is 3.45. The minimum absolute atomic E-state index is 0.171. The van der Waals surface area contributed by atoms with Crippen LogP contribution in [-0.4, -0.2) is 39.7 Å². The zero-order valence-electron chi connectivity index (χ0n) is 10.4. The molecule has 1 atom stereocenters. The van der Waals surface area contributed by atoms with Crippen molar-refractivity contribution in [2.45, 2.75) is 5.16 Å². The summed E-state index contributed by atoms with van der Waals surface area (Å²) in [7, 11) is -0.945. The molecule has 0 fully saturated rings. The van der Waals surface area contributed by atoms with Crippen molar-refractivity contribution in [2.75, 3.05) is 11.3 Å². The molecule has 1 N–H and O–H groups in total. The average molecular weight is 345 g/mol. The number of rotatable bonds is 4. The Labute approximate surface area is 133 Å². The van der Waals surface area contributed by atoms with Gasteiger partial charge in [0.1, 0.15) is 10.1 Å². The monoisotopic (exact) mass is 345 g/mol. The highest BCUT2D eigenvalue weighted by Gasteiger charge is 2.16. The Morgan fingerprint density at radius 3 is 2.65 bits per heavy atom. The number of benzene rings is 1. The van der Waals surface area contributed by atoms with Crippen LogP contribution in [0.3, 0.4) is 0 Å². The average Bonchev–Trinajstić information content (AvgIpc) is 2.81. The second-order valence-electron chi connectivity index (χ2n) is 3.81. The second-order valence-corrected chi connectivity index (χ2v) is 7.66. The van der Waals surface area contributed by atoms with E-state index in [0.717, 1.165) is 5.56 Å². The predicted molar refractivity (Wildman–Crippen MR) is 88.9 cm³/mol. The third-order valence-electron chi connectivity index (χ3n) is 2.30. The summed E-state index contributed by atoms with van der Waals surface area (Å²) >= 11 is 10.6. The van der Waals surface area contributed by atoms with Gasteiger partial charge in [-0.3, -0.25) is 8.78 Å². The Balaban J connectivity index is 2.41. The van der Waals surface area contributed by atoms with E-state index in [-0.39, 0.29) is 5.75 Å². The fraction of sp³-hybridized carbons (Fsp3) is 0.182. The summed E-state index contributed by atoms with van der Waals surface area (Å²) in [5, 5.41) is 18.4. The van der Waals surface area contributed by atoms with Crippen molar-refractivity contribution in [2.24, 2.45) is 0 Å². The Hall–Kier alpha value is -0.900. The summed E-state index contributed by atoms with van der Waals surface area (Å²) < 4.78 is 13.1. The van der Waals surface area contributed by atoms with Gasteiger partial charge in [-0.15, -0.1) is 22.8 Å². The van der Waals surface area contributed by atoms with E-state index in [4.69, 9.17) is 12.2 Å². The van der Waals surface area contributed by atoms with Crippen LogP contribution in [0, 0.1) is 0 Å². The molecule has 1 aromatic carbocycles. The van der Waals surface area contributed by atoms with Crippen LogP contribution in [0.4, 0.5) is 0 Å². The summed E-state index contributed by atoms with van der Waals surface area (Å²) in [5.41, 5.74) is 0.760. The molecule has 0 bridgehead atoms. The summed E-state index contributed by atoms with van der Waals surface area (Å²) in [6.07, 6.45) is 1.62. The number of phenols is 1. The minimum Gasteiger partial charge on any atom is -0.508 e. The Morgan fingerprint density at radius 1 is 1.45 bits per heavy atom. The number of phenolic OH excluding ortho intramolecular Hbond substituents is 1. The number of thiocarbonyl (C=S) groups is 1. The van der Waals surface area contributed by atoms with Gasteiger partial charge >= 0.3 is 0 Å². The summed E-state index contributed by atoms with van der Waals surface area (Å²) in [6, 6.07) is 6.55. The predicted octanol–water partition coefficient (Wildman–Crippen LogP) is 2.14. The number of aromatic nitrogens is 3. The van der Waals surface area contributed by atoms with Gasteiger partial charge in [0.25, 0.3) is 0 Å². The number of nitrogens with zero attached hydrogens (tertiary/aromatic N) is 3. The van der Waals surface area contributed by atoms with E-state index in [1.165, 1.54) is 11.8 Å². The third-order valence-corrected chi connectivity index (χ3v) is 5.01. The molecule has 2 rings (SSSR count). The molecule has 0 radical (unpaired) electrons. The lowest BCUT2D eigenvalue weighted by molar-refractivity contribution is 0.475. The van der Waals surface area contributed by atoms with Crippen molar-refractivity contribution in [1.82, 2.24) is 14.8 Å². The number of thiol groups is 1. The van der Waals surface area contributed by atoms with Crippen LogP contribution in [0.15, 0.2) is 29.4 Å². The Kier molecular flexibility index (Phi) is 5.19. The maximum atomic E-state index is 11.2. The largest absolute Gasteiger partial charge is 0.508 e. The van der Waals surface area contributed by atoms with Crippen molar-refractivity contribution >= 4 is 51.7 Å². The molecule has 0 aliphatic heterocycles. The molecule has 0 saturated carbocycles. The molecule has 0 aliphatic rings. The van der Waals surface area contributed by atoms with Crippen LogP contribution in [0.1, 0.15) is 0 Å². The van der Waals surface area contributed by atoms with Crippen molar-refractivity contribution in [3.8, 4) is 17.1 Å². The van der Waals surface area contributed by atoms with Gasteiger partial charge in [-0.25, -0.2) is 0 Å². The molecule has 0 saturated heterocycles. The molecular formula is C11H11N3O2S4. The van der Waals surface area contributed by atoms with Crippen molar-refractivity contribution < 1.29 is 9.32 Å². The van der Waals surface area contributed by atoms with Gasteiger partial charge in [0.2, 0.25) is 0 Å². The van der Waals surface area contributed by atoms with E-state index in [0.29, 0.717) is 20.4 Å². The van der Waals surface area contributed by atoms with Crippen molar-refractivity contribution in [3.63, 3.8) is 0 Å². The first-order valence-corrected chi connectivity index (χ1v) is 8.97. The van der Waals surface area contributed by atoms with Crippen LogP contribution in [0.2, 0.25) is 0 Å². The van der Waals surface area contributed by atoms with Crippen molar-refractivity contribution in [3.05, 3.63) is 24.3 Å². The first-order valence-electron chi connectivity index (χ1n) is 5.40. The highest BCUT2D eigenvalue weighted by atomic mass is 32.2. The quantitative estimate of drug-likeness (QED) is 0.503. The smallest absolute Gasteiger partial charge is 0.198 e.